The van der Waals surface area contributed by atoms with Crippen LogP contribution in [0.15, 0.2) is 67.0 Å². The maximum atomic E-state index is 12.6. The third kappa shape index (κ3) is 7.37. The zero-order valence-corrected chi connectivity index (χ0v) is 19.0. The van der Waals surface area contributed by atoms with Gasteiger partial charge in [-0.1, -0.05) is 12.1 Å². The molecule has 0 unspecified atom stereocenters. The van der Waals surface area contributed by atoms with E-state index in [0.29, 0.717) is 30.6 Å². The third-order valence-electron chi connectivity index (χ3n) is 4.73. The molecule has 1 aromatic heterocycles. The zero-order valence-electron chi connectivity index (χ0n) is 19.0. The highest BCUT2D eigenvalue weighted by molar-refractivity contribution is 5.78. The lowest BCUT2D eigenvalue weighted by molar-refractivity contribution is -0.138. The molecule has 0 saturated carbocycles. The third-order valence-corrected chi connectivity index (χ3v) is 4.73. The highest BCUT2D eigenvalue weighted by atomic mass is 16.6. The molecule has 0 aliphatic rings. The van der Waals surface area contributed by atoms with E-state index in [4.69, 9.17) is 14.2 Å². The Bertz CT molecular complexity index is 1060. The fraction of sp³-hybridized carbons (Fsp3) is 0.250. The highest BCUT2D eigenvalue weighted by Gasteiger charge is 2.19. The number of carboxylic acids is 1. The van der Waals surface area contributed by atoms with Gasteiger partial charge in [-0.05, 0) is 48.0 Å². The van der Waals surface area contributed by atoms with Crippen molar-refractivity contribution < 1.29 is 28.9 Å². The first kappa shape index (κ1) is 24.3. The van der Waals surface area contributed by atoms with E-state index in [1.807, 2.05) is 11.9 Å². The van der Waals surface area contributed by atoms with Gasteiger partial charge >= 0.3 is 12.1 Å². The minimum absolute atomic E-state index is 0.0651. The van der Waals surface area contributed by atoms with Gasteiger partial charge in [0.2, 0.25) is 5.95 Å². The van der Waals surface area contributed by atoms with Gasteiger partial charge in [-0.25, -0.2) is 14.8 Å². The Labute approximate surface area is 197 Å². The fourth-order valence-corrected chi connectivity index (χ4v) is 2.96. The number of carbonyl (C=O) groups excluding carboxylic acids is 1. The Morgan fingerprint density at radius 3 is 2.18 bits per heavy atom. The van der Waals surface area contributed by atoms with E-state index in [-0.39, 0.29) is 12.3 Å². The number of aliphatic carboxylic acids is 1. The van der Waals surface area contributed by atoms with E-state index in [9.17, 15) is 14.7 Å². The van der Waals surface area contributed by atoms with Gasteiger partial charge in [-0.3, -0.25) is 9.69 Å². The lowest BCUT2D eigenvalue weighted by atomic mass is 10.2. The first-order valence-corrected chi connectivity index (χ1v) is 10.5. The van der Waals surface area contributed by atoms with Crippen molar-refractivity contribution in [2.24, 2.45) is 0 Å². The number of benzene rings is 2. The first-order chi connectivity index (χ1) is 16.4. The average Bonchev–Trinajstić information content (AvgIpc) is 2.85. The first-order valence-electron chi connectivity index (χ1n) is 10.5. The second kappa shape index (κ2) is 12.0. The number of likely N-dealkylation sites (N-methyl/N-ethyl adjacent to an activating group) is 1. The fourth-order valence-electron chi connectivity index (χ4n) is 2.96. The van der Waals surface area contributed by atoms with Crippen LogP contribution < -0.4 is 19.1 Å². The largest absolute Gasteiger partial charge is 0.497 e. The van der Waals surface area contributed by atoms with E-state index < -0.39 is 18.6 Å². The minimum atomic E-state index is -1.14. The van der Waals surface area contributed by atoms with Crippen LogP contribution in [0.2, 0.25) is 0 Å². The second-order valence-electron chi connectivity index (χ2n) is 7.26. The van der Waals surface area contributed by atoms with E-state index in [1.54, 1.807) is 67.0 Å². The highest BCUT2D eigenvalue weighted by Crippen LogP contribution is 2.19. The van der Waals surface area contributed by atoms with Gasteiger partial charge in [0.1, 0.15) is 30.4 Å². The molecule has 0 atom stereocenters. The molecule has 10 heteroatoms. The number of hydrogen-bond acceptors (Lipinski definition) is 8. The summed E-state index contributed by atoms with van der Waals surface area (Å²) in [5.41, 5.74) is 0.732. The molecule has 2 aromatic carbocycles. The van der Waals surface area contributed by atoms with Crippen molar-refractivity contribution in [3.8, 4) is 17.2 Å². The number of amides is 1. The standard InChI is InChI=1S/C24H26N4O6/c1-27(23-25-12-3-13-26-23)14-15-33-20-6-4-18(5-7-20)16-28(17-22(29)30)24(31)34-21-10-8-19(32-2)9-11-21/h3-13H,14-17H2,1-2H3,(H,29,30). The normalized spacial score (nSPS) is 10.3. The molecule has 34 heavy (non-hydrogen) atoms. The van der Waals surface area contributed by atoms with Crippen LogP contribution in [0.4, 0.5) is 10.7 Å². The molecule has 1 amide bonds. The molecule has 3 aromatic rings. The van der Waals surface area contributed by atoms with Crippen LogP contribution in [0.25, 0.3) is 0 Å². The van der Waals surface area contributed by atoms with Crippen molar-refractivity contribution in [3.63, 3.8) is 0 Å². The number of aromatic nitrogens is 2. The number of ether oxygens (including phenoxy) is 3. The van der Waals surface area contributed by atoms with E-state index in [1.165, 1.54) is 7.11 Å². The number of nitrogens with zero attached hydrogens (tertiary/aromatic N) is 4. The number of carboxylic acid groups (broad SMARTS) is 1. The van der Waals surface area contributed by atoms with Gasteiger partial charge in [-0.15, -0.1) is 0 Å². The SMILES string of the molecule is COc1ccc(OC(=O)N(CC(=O)O)Cc2ccc(OCCN(C)c3ncccn3)cc2)cc1. The number of hydrogen-bond donors (Lipinski definition) is 1. The molecular formula is C24H26N4O6. The molecule has 0 saturated heterocycles. The molecule has 0 bridgehead atoms. The van der Waals surface area contributed by atoms with Crippen molar-refractivity contribution in [1.29, 1.82) is 0 Å². The summed E-state index contributed by atoms with van der Waals surface area (Å²) in [6, 6.07) is 15.3. The summed E-state index contributed by atoms with van der Waals surface area (Å²) >= 11 is 0. The monoisotopic (exact) mass is 466 g/mol. The summed E-state index contributed by atoms with van der Waals surface area (Å²) in [5, 5.41) is 9.21. The van der Waals surface area contributed by atoms with E-state index in [0.717, 1.165) is 10.5 Å². The summed E-state index contributed by atoms with van der Waals surface area (Å²) in [5.74, 6) is 1.02. The molecule has 0 radical (unpaired) electrons. The molecule has 0 fully saturated rings. The van der Waals surface area contributed by atoms with Crippen LogP contribution >= 0.6 is 0 Å². The Kier molecular flexibility index (Phi) is 8.61. The maximum Gasteiger partial charge on any atom is 0.416 e. The van der Waals surface area contributed by atoms with Crippen LogP contribution in [0.5, 0.6) is 17.2 Å². The Balaban J connectivity index is 1.54. The summed E-state index contributed by atoms with van der Waals surface area (Å²) in [4.78, 5) is 35.2. The molecular weight excluding hydrogens is 440 g/mol. The van der Waals surface area contributed by atoms with Crippen LogP contribution in [-0.4, -0.2) is 65.9 Å². The molecule has 1 N–H and O–H groups in total. The van der Waals surface area contributed by atoms with Crippen LogP contribution in [0.1, 0.15) is 5.56 Å². The van der Waals surface area contributed by atoms with Gasteiger partial charge < -0.3 is 24.2 Å². The van der Waals surface area contributed by atoms with Gasteiger partial charge in [0.25, 0.3) is 0 Å². The summed E-state index contributed by atoms with van der Waals surface area (Å²) in [6.45, 7) is 0.583. The number of methoxy groups -OCH3 is 1. The lowest BCUT2D eigenvalue weighted by Gasteiger charge is -2.20. The summed E-state index contributed by atoms with van der Waals surface area (Å²) in [6.07, 6.45) is 2.59. The number of rotatable bonds is 11. The van der Waals surface area contributed by atoms with Crippen molar-refractivity contribution in [2.45, 2.75) is 6.54 Å². The molecule has 0 spiro atoms. The predicted octanol–water partition coefficient (Wildman–Crippen LogP) is 3.09. The lowest BCUT2D eigenvalue weighted by Crippen LogP contribution is -2.37. The summed E-state index contributed by atoms with van der Waals surface area (Å²) < 4.78 is 16.1. The van der Waals surface area contributed by atoms with Gasteiger partial charge in [0, 0.05) is 26.0 Å². The Morgan fingerprint density at radius 1 is 0.941 bits per heavy atom. The summed E-state index contributed by atoms with van der Waals surface area (Å²) in [7, 11) is 3.41. The predicted molar refractivity (Wildman–Crippen MR) is 124 cm³/mol. The van der Waals surface area contributed by atoms with E-state index >= 15 is 0 Å². The smallest absolute Gasteiger partial charge is 0.416 e. The number of anilines is 1. The van der Waals surface area contributed by atoms with Crippen LogP contribution in [0.3, 0.4) is 0 Å². The van der Waals surface area contributed by atoms with Crippen LogP contribution in [0, 0.1) is 0 Å². The average molecular weight is 466 g/mol. The van der Waals surface area contributed by atoms with Gasteiger partial charge in [-0.2, -0.15) is 0 Å². The van der Waals surface area contributed by atoms with Crippen molar-refractivity contribution >= 4 is 18.0 Å². The number of carbonyl (C=O) groups is 2. The molecule has 0 aliphatic heterocycles. The van der Waals surface area contributed by atoms with Gasteiger partial charge in [0.05, 0.1) is 13.7 Å². The quantitative estimate of drug-likeness (QED) is 0.455. The molecule has 178 valence electrons. The minimum Gasteiger partial charge on any atom is -0.497 e. The molecule has 1 heterocycles. The van der Waals surface area contributed by atoms with E-state index in [2.05, 4.69) is 9.97 Å². The molecule has 0 aliphatic carbocycles. The van der Waals surface area contributed by atoms with Crippen molar-refractivity contribution in [3.05, 3.63) is 72.6 Å². The second-order valence-corrected chi connectivity index (χ2v) is 7.26. The molecule has 10 nitrogen and oxygen atoms in total. The Morgan fingerprint density at radius 2 is 1.56 bits per heavy atom. The Hall–Kier alpha value is -4.34. The molecule has 3 rings (SSSR count). The van der Waals surface area contributed by atoms with Gasteiger partial charge in [0.15, 0.2) is 0 Å². The van der Waals surface area contributed by atoms with Crippen LogP contribution in [-0.2, 0) is 11.3 Å². The topological polar surface area (TPSA) is 114 Å². The maximum absolute atomic E-state index is 12.6. The van der Waals surface area contributed by atoms with Crippen molar-refractivity contribution in [2.75, 3.05) is 38.8 Å². The van der Waals surface area contributed by atoms with Crippen molar-refractivity contribution in [1.82, 2.24) is 14.9 Å². The zero-order chi connectivity index (χ0) is 24.3.